The van der Waals surface area contributed by atoms with Gasteiger partial charge in [-0.15, -0.1) is 0 Å². The lowest BCUT2D eigenvalue weighted by Gasteiger charge is -2.32. The summed E-state index contributed by atoms with van der Waals surface area (Å²) < 4.78 is 5.41. The molecule has 3 rings (SSSR count). The first-order chi connectivity index (χ1) is 12.7. The van der Waals surface area contributed by atoms with Gasteiger partial charge in [-0.3, -0.25) is 4.79 Å². The molecule has 0 spiro atoms. The number of likely N-dealkylation sites (tertiary alicyclic amines) is 1. The zero-order valence-corrected chi connectivity index (χ0v) is 16.1. The number of methoxy groups -OCH3 is 1. The van der Waals surface area contributed by atoms with Gasteiger partial charge in [0.15, 0.2) is 0 Å². The third kappa shape index (κ3) is 4.95. The van der Waals surface area contributed by atoms with E-state index in [0.29, 0.717) is 17.7 Å². The van der Waals surface area contributed by atoms with Gasteiger partial charge in [0.1, 0.15) is 5.82 Å². The van der Waals surface area contributed by atoms with Crippen LogP contribution >= 0.6 is 0 Å². The summed E-state index contributed by atoms with van der Waals surface area (Å²) >= 11 is 0. The summed E-state index contributed by atoms with van der Waals surface area (Å²) in [7, 11) is 3.96. The maximum absolute atomic E-state index is 12.3. The van der Waals surface area contributed by atoms with Crippen LogP contribution in [0.25, 0.3) is 0 Å². The average molecular weight is 361 g/mol. The molecule has 2 aliphatic heterocycles. The standard InChI is InChI=1S/C20H32N4O2/c1-23-12-4-3-5-17(23)8-11-21-20(25)16-6-7-19(22-15-16)24-13-9-18(26-2)10-14-24/h6-7,15,17-18H,3-5,8-14H2,1-2H3,(H,21,25)/t17-/m0/s1. The van der Waals surface area contributed by atoms with Crippen LogP contribution in [0.1, 0.15) is 48.9 Å². The molecule has 2 saturated heterocycles. The number of nitrogens with one attached hydrogen (secondary N) is 1. The van der Waals surface area contributed by atoms with E-state index >= 15 is 0 Å². The summed E-state index contributed by atoms with van der Waals surface area (Å²) in [5, 5.41) is 3.04. The van der Waals surface area contributed by atoms with Gasteiger partial charge in [0.25, 0.3) is 5.91 Å². The summed E-state index contributed by atoms with van der Waals surface area (Å²) in [6, 6.07) is 4.43. The quantitative estimate of drug-likeness (QED) is 0.844. The number of piperidine rings is 2. The van der Waals surface area contributed by atoms with Crippen LogP contribution in [0, 0.1) is 0 Å². The first kappa shape index (κ1) is 19.1. The van der Waals surface area contributed by atoms with Crippen molar-refractivity contribution < 1.29 is 9.53 Å². The van der Waals surface area contributed by atoms with Crippen molar-refractivity contribution in [2.45, 2.75) is 50.7 Å². The largest absolute Gasteiger partial charge is 0.381 e. The molecule has 0 unspecified atom stereocenters. The fourth-order valence-electron chi connectivity index (χ4n) is 3.99. The number of pyridine rings is 1. The third-order valence-electron chi connectivity index (χ3n) is 5.79. The maximum atomic E-state index is 12.3. The number of amides is 1. The Morgan fingerprint density at radius 2 is 2.04 bits per heavy atom. The minimum absolute atomic E-state index is 0.0272. The second-order valence-electron chi connectivity index (χ2n) is 7.50. The SMILES string of the molecule is COC1CCN(c2ccc(C(=O)NCC[C@@H]3CCCCN3C)cn2)CC1. The number of aromatic nitrogens is 1. The van der Waals surface area contributed by atoms with Gasteiger partial charge in [-0.05, 0) is 57.8 Å². The second kappa shape index (κ2) is 9.33. The average Bonchev–Trinajstić information content (AvgIpc) is 2.69. The first-order valence-corrected chi connectivity index (χ1v) is 9.89. The summed E-state index contributed by atoms with van der Waals surface area (Å²) in [4.78, 5) is 21.5. The number of carbonyl (C=O) groups excluding carboxylic acids is 1. The summed E-state index contributed by atoms with van der Waals surface area (Å²) in [5.41, 5.74) is 0.637. The highest BCUT2D eigenvalue weighted by Gasteiger charge is 2.20. The lowest BCUT2D eigenvalue weighted by molar-refractivity contribution is 0.0818. The molecule has 0 radical (unpaired) electrons. The molecule has 26 heavy (non-hydrogen) atoms. The summed E-state index contributed by atoms with van der Waals surface area (Å²) in [6.07, 6.45) is 8.95. The number of carbonyl (C=O) groups is 1. The Morgan fingerprint density at radius 3 is 2.69 bits per heavy atom. The minimum atomic E-state index is -0.0272. The smallest absolute Gasteiger partial charge is 0.252 e. The molecule has 1 N–H and O–H groups in total. The van der Waals surface area contributed by atoms with E-state index in [1.54, 1.807) is 13.3 Å². The maximum Gasteiger partial charge on any atom is 0.252 e. The zero-order valence-electron chi connectivity index (χ0n) is 16.1. The highest BCUT2D eigenvalue weighted by molar-refractivity contribution is 5.94. The monoisotopic (exact) mass is 360 g/mol. The normalized spacial score (nSPS) is 22.4. The van der Waals surface area contributed by atoms with Crippen molar-refractivity contribution in [1.29, 1.82) is 0 Å². The second-order valence-corrected chi connectivity index (χ2v) is 7.50. The molecular formula is C20H32N4O2. The Morgan fingerprint density at radius 1 is 1.23 bits per heavy atom. The fourth-order valence-corrected chi connectivity index (χ4v) is 3.99. The Bertz CT molecular complexity index is 570. The van der Waals surface area contributed by atoms with Gasteiger partial charge in [-0.1, -0.05) is 6.42 Å². The summed E-state index contributed by atoms with van der Waals surface area (Å²) in [6.45, 7) is 3.80. The van der Waals surface area contributed by atoms with E-state index in [9.17, 15) is 4.79 Å². The van der Waals surface area contributed by atoms with Crippen molar-refractivity contribution in [2.75, 3.05) is 45.2 Å². The molecule has 1 aromatic heterocycles. The van der Waals surface area contributed by atoms with Crippen molar-refractivity contribution in [1.82, 2.24) is 15.2 Å². The molecule has 6 heteroatoms. The van der Waals surface area contributed by atoms with Crippen molar-refractivity contribution in [2.24, 2.45) is 0 Å². The van der Waals surface area contributed by atoms with E-state index in [1.807, 2.05) is 12.1 Å². The Balaban J connectivity index is 1.45. The lowest BCUT2D eigenvalue weighted by atomic mass is 10.0. The minimum Gasteiger partial charge on any atom is -0.381 e. The molecule has 0 bridgehead atoms. The van der Waals surface area contributed by atoms with Crippen LogP contribution in [0.4, 0.5) is 5.82 Å². The molecule has 144 valence electrons. The van der Waals surface area contributed by atoms with Crippen molar-refractivity contribution in [3.8, 4) is 0 Å². The van der Waals surface area contributed by atoms with Crippen LogP contribution in [-0.2, 0) is 4.74 Å². The number of ether oxygens (including phenoxy) is 1. The van der Waals surface area contributed by atoms with Crippen LogP contribution in [0.5, 0.6) is 0 Å². The lowest BCUT2D eigenvalue weighted by Crippen LogP contribution is -2.39. The molecule has 2 aliphatic rings. The van der Waals surface area contributed by atoms with Gasteiger partial charge < -0.3 is 19.9 Å². The van der Waals surface area contributed by atoms with Crippen molar-refractivity contribution >= 4 is 11.7 Å². The van der Waals surface area contributed by atoms with E-state index in [4.69, 9.17) is 4.74 Å². The van der Waals surface area contributed by atoms with Gasteiger partial charge in [0, 0.05) is 39.0 Å². The molecule has 1 aromatic rings. The Kier molecular flexibility index (Phi) is 6.86. The van der Waals surface area contributed by atoms with Crippen molar-refractivity contribution in [3.63, 3.8) is 0 Å². The Labute approximate surface area is 156 Å². The number of hydrogen-bond acceptors (Lipinski definition) is 5. The van der Waals surface area contributed by atoms with Crippen LogP contribution in [-0.4, -0.2) is 68.3 Å². The number of rotatable bonds is 6. The predicted molar refractivity (Wildman–Crippen MR) is 104 cm³/mol. The van der Waals surface area contributed by atoms with E-state index < -0.39 is 0 Å². The van der Waals surface area contributed by atoms with E-state index in [1.165, 1.54) is 25.8 Å². The van der Waals surface area contributed by atoms with Crippen LogP contribution in [0.3, 0.4) is 0 Å². The summed E-state index contributed by atoms with van der Waals surface area (Å²) in [5.74, 6) is 0.917. The Hall–Kier alpha value is -1.66. The van der Waals surface area contributed by atoms with Gasteiger partial charge in [0.05, 0.1) is 11.7 Å². The van der Waals surface area contributed by atoms with Crippen LogP contribution in [0.15, 0.2) is 18.3 Å². The van der Waals surface area contributed by atoms with Gasteiger partial charge in [-0.25, -0.2) is 4.98 Å². The highest BCUT2D eigenvalue weighted by atomic mass is 16.5. The molecular weight excluding hydrogens is 328 g/mol. The van der Waals surface area contributed by atoms with Crippen molar-refractivity contribution in [3.05, 3.63) is 23.9 Å². The van der Waals surface area contributed by atoms with E-state index in [0.717, 1.165) is 44.7 Å². The van der Waals surface area contributed by atoms with Crippen LogP contribution < -0.4 is 10.2 Å². The molecule has 0 aromatic carbocycles. The fraction of sp³-hybridized carbons (Fsp3) is 0.700. The zero-order chi connectivity index (χ0) is 18.4. The number of anilines is 1. The molecule has 0 aliphatic carbocycles. The van der Waals surface area contributed by atoms with E-state index in [2.05, 4.69) is 27.1 Å². The molecule has 1 amide bonds. The highest BCUT2D eigenvalue weighted by Crippen LogP contribution is 2.20. The molecule has 6 nitrogen and oxygen atoms in total. The topological polar surface area (TPSA) is 57.7 Å². The van der Waals surface area contributed by atoms with Gasteiger partial charge in [0.2, 0.25) is 0 Å². The predicted octanol–water partition coefficient (Wildman–Crippen LogP) is 2.30. The molecule has 0 saturated carbocycles. The van der Waals surface area contributed by atoms with E-state index in [-0.39, 0.29) is 5.91 Å². The van der Waals surface area contributed by atoms with Gasteiger partial charge in [-0.2, -0.15) is 0 Å². The third-order valence-corrected chi connectivity index (χ3v) is 5.79. The molecule has 3 heterocycles. The molecule has 2 fully saturated rings. The molecule has 1 atom stereocenters. The first-order valence-electron chi connectivity index (χ1n) is 9.89. The van der Waals surface area contributed by atoms with Gasteiger partial charge >= 0.3 is 0 Å². The number of nitrogens with zero attached hydrogens (tertiary/aromatic N) is 3. The number of hydrogen-bond donors (Lipinski definition) is 1. The van der Waals surface area contributed by atoms with Crippen LogP contribution in [0.2, 0.25) is 0 Å².